The van der Waals surface area contributed by atoms with E-state index >= 15 is 0 Å². The quantitative estimate of drug-likeness (QED) is 0.781. The first kappa shape index (κ1) is 21.9. The number of nitrogens with zero attached hydrogens (tertiary/aromatic N) is 5. The first-order valence-electron chi connectivity index (χ1n) is 9.45. The van der Waals surface area contributed by atoms with Crippen molar-refractivity contribution in [1.82, 2.24) is 9.88 Å². The second-order valence-corrected chi connectivity index (χ2v) is 7.32. The van der Waals surface area contributed by atoms with Gasteiger partial charge in [-0.3, -0.25) is 0 Å². The molecule has 160 valence electrons. The average Bonchev–Trinajstić information content (AvgIpc) is 2.74. The maximum Gasteiger partial charge on any atom is 0.417 e. The lowest BCUT2D eigenvalue weighted by Crippen LogP contribution is -2.59. The number of piperazine rings is 1. The molecule has 0 spiro atoms. The Balaban J connectivity index is 1.76. The van der Waals surface area contributed by atoms with Gasteiger partial charge in [-0.15, -0.1) is 0 Å². The third-order valence-corrected chi connectivity index (χ3v) is 5.14. The molecule has 10 heteroatoms. The maximum absolute atomic E-state index is 13.3. The third-order valence-electron chi connectivity index (χ3n) is 5.14. The summed E-state index contributed by atoms with van der Waals surface area (Å²) in [4.78, 5) is 20.0. The number of nitrogens with one attached hydrogen (secondary N) is 1. The van der Waals surface area contributed by atoms with Crippen molar-refractivity contribution in [3.63, 3.8) is 0 Å². The van der Waals surface area contributed by atoms with E-state index in [1.165, 1.54) is 24.4 Å². The summed E-state index contributed by atoms with van der Waals surface area (Å²) in [5.74, 6) is 0. The molecule has 2 heterocycles. The highest BCUT2D eigenvalue weighted by atomic mass is 19.4. The van der Waals surface area contributed by atoms with Gasteiger partial charge in [0, 0.05) is 30.9 Å². The summed E-state index contributed by atoms with van der Waals surface area (Å²) in [7, 11) is 0. The van der Waals surface area contributed by atoms with Gasteiger partial charge < -0.3 is 15.1 Å². The van der Waals surface area contributed by atoms with Gasteiger partial charge in [-0.25, -0.2) is 9.78 Å². The minimum Gasteiger partial charge on any atom is -0.365 e. The number of carbonyl (C=O) groups is 1. The number of benzene rings is 1. The molecule has 0 bridgehead atoms. The van der Waals surface area contributed by atoms with Crippen LogP contribution in [0.3, 0.4) is 0 Å². The molecule has 7 nitrogen and oxygen atoms in total. The molecule has 31 heavy (non-hydrogen) atoms. The van der Waals surface area contributed by atoms with Gasteiger partial charge in [0.05, 0.1) is 29.1 Å². The molecule has 3 rings (SSSR count). The van der Waals surface area contributed by atoms with Crippen LogP contribution in [0.25, 0.3) is 0 Å². The highest BCUT2D eigenvalue weighted by Gasteiger charge is 2.36. The lowest BCUT2D eigenvalue weighted by molar-refractivity contribution is -0.137. The second kappa shape index (κ2) is 8.52. The molecule has 0 radical (unpaired) electrons. The molecule has 1 saturated heterocycles. The number of aromatic nitrogens is 1. The van der Waals surface area contributed by atoms with Crippen LogP contribution in [0, 0.1) is 22.7 Å². The first-order chi connectivity index (χ1) is 14.6. The zero-order chi connectivity index (χ0) is 22.8. The van der Waals surface area contributed by atoms with E-state index < -0.39 is 17.3 Å². The maximum atomic E-state index is 13.3. The van der Waals surface area contributed by atoms with Crippen molar-refractivity contribution >= 4 is 17.4 Å². The van der Waals surface area contributed by atoms with E-state index in [0.29, 0.717) is 17.9 Å². The molecule has 1 aliphatic heterocycles. The largest absolute Gasteiger partial charge is 0.417 e. The fourth-order valence-corrected chi connectivity index (χ4v) is 3.54. The van der Waals surface area contributed by atoms with Gasteiger partial charge in [-0.2, -0.15) is 23.7 Å². The van der Waals surface area contributed by atoms with Crippen LogP contribution in [0.15, 0.2) is 36.5 Å². The monoisotopic (exact) mass is 428 g/mol. The summed E-state index contributed by atoms with van der Waals surface area (Å²) in [5, 5.41) is 20.5. The van der Waals surface area contributed by atoms with E-state index in [2.05, 4.69) is 10.3 Å². The Hall–Kier alpha value is -3.79. The SMILES string of the molecule is C[C@@H]1CN(c2ccc(C#N)c(C(F)(F)F)c2)[C@@H](C)CN1C(=O)Nc1ccc(C#N)nc1. The number of hydrogen-bond donors (Lipinski definition) is 1. The molecule has 2 atom stereocenters. The lowest BCUT2D eigenvalue weighted by atomic mass is 10.0. The molecule has 2 aromatic rings. The van der Waals surface area contributed by atoms with E-state index in [9.17, 15) is 18.0 Å². The molecule has 0 unspecified atom stereocenters. The van der Waals surface area contributed by atoms with Crippen molar-refractivity contribution in [3.05, 3.63) is 53.3 Å². The normalized spacial score (nSPS) is 18.8. The molecular weight excluding hydrogens is 409 g/mol. The van der Waals surface area contributed by atoms with Gasteiger partial charge in [0.2, 0.25) is 0 Å². The molecular formula is C21H19F3N6O. The number of anilines is 2. The smallest absolute Gasteiger partial charge is 0.365 e. The highest BCUT2D eigenvalue weighted by molar-refractivity contribution is 5.89. The summed E-state index contributed by atoms with van der Waals surface area (Å²) in [6, 6.07) is 9.30. The number of alkyl halides is 3. The van der Waals surface area contributed by atoms with Crippen molar-refractivity contribution in [2.24, 2.45) is 0 Å². The molecule has 1 fully saturated rings. The summed E-state index contributed by atoms with van der Waals surface area (Å²) < 4.78 is 40.0. The van der Waals surface area contributed by atoms with Crippen LogP contribution < -0.4 is 10.2 Å². The van der Waals surface area contributed by atoms with Crippen molar-refractivity contribution in [1.29, 1.82) is 10.5 Å². The molecule has 1 aromatic carbocycles. The van der Waals surface area contributed by atoms with Gasteiger partial charge >= 0.3 is 12.2 Å². The molecule has 2 amide bonds. The topological polar surface area (TPSA) is 96.0 Å². The van der Waals surface area contributed by atoms with E-state index in [-0.39, 0.29) is 30.4 Å². The molecule has 1 aliphatic rings. The number of rotatable bonds is 2. The van der Waals surface area contributed by atoms with Crippen LogP contribution in [0.2, 0.25) is 0 Å². The second-order valence-electron chi connectivity index (χ2n) is 7.32. The zero-order valence-electron chi connectivity index (χ0n) is 16.8. The van der Waals surface area contributed by atoms with E-state index in [0.717, 1.165) is 6.07 Å². The molecule has 1 N–H and O–H groups in total. The number of halogens is 3. The van der Waals surface area contributed by atoms with Crippen LogP contribution in [0.1, 0.15) is 30.7 Å². The third kappa shape index (κ3) is 4.69. The van der Waals surface area contributed by atoms with Crippen LogP contribution in [-0.4, -0.2) is 41.1 Å². The Morgan fingerprint density at radius 2 is 1.87 bits per heavy atom. The Bertz CT molecular complexity index is 1050. The van der Waals surface area contributed by atoms with Crippen LogP contribution in [0.4, 0.5) is 29.3 Å². The number of carbonyl (C=O) groups excluding carboxylic acids is 1. The van der Waals surface area contributed by atoms with Crippen molar-refractivity contribution in [2.45, 2.75) is 32.1 Å². The van der Waals surface area contributed by atoms with Gasteiger partial charge in [-0.1, -0.05) is 0 Å². The lowest BCUT2D eigenvalue weighted by Gasteiger charge is -2.45. The van der Waals surface area contributed by atoms with Gasteiger partial charge in [-0.05, 0) is 44.2 Å². The number of pyridine rings is 1. The fraction of sp³-hybridized carbons (Fsp3) is 0.333. The predicted octanol–water partition coefficient (Wildman–Crippen LogP) is 3.97. The van der Waals surface area contributed by atoms with E-state index in [1.54, 1.807) is 21.9 Å². The van der Waals surface area contributed by atoms with Crippen LogP contribution in [-0.2, 0) is 6.18 Å². The van der Waals surface area contributed by atoms with Gasteiger partial charge in [0.15, 0.2) is 0 Å². The van der Waals surface area contributed by atoms with Crippen molar-refractivity contribution < 1.29 is 18.0 Å². The van der Waals surface area contributed by atoms with Gasteiger partial charge in [0.25, 0.3) is 0 Å². The Kier molecular flexibility index (Phi) is 6.02. The Labute approximate surface area is 177 Å². The standard InChI is InChI=1S/C21H19F3N6O/c1-13-12-30(20(31)28-17-5-4-16(9-26)27-10-17)14(2)11-29(13)18-6-3-15(8-25)19(7-18)21(22,23)24/h3-7,10,13-14H,11-12H2,1-2H3,(H,28,31)/t13-,14+/m0/s1. The van der Waals surface area contributed by atoms with Crippen molar-refractivity contribution in [3.8, 4) is 12.1 Å². The number of amides is 2. The summed E-state index contributed by atoms with van der Waals surface area (Å²) in [6.45, 7) is 4.24. The molecule has 0 aliphatic carbocycles. The molecule has 0 saturated carbocycles. The summed E-state index contributed by atoms with van der Waals surface area (Å²) in [6.07, 6.45) is -3.25. The van der Waals surface area contributed by atoms with E-state index in [4.69, 9.17) is 10.5 Å². The zero-order valence-corrected chi connectivity index (χ0v) is 16.8. The van der Waals surface area contributed by atoms with Crippen LogP contribution in [0.5, 0.6) is 0 Å². The molecule has 1 aromatic heterocycles. The minimum absolute atomic E-state index is 0.231. The van der Waals surface area contributed by atoms with Crippen molar-refractivity contribution in [2.75, 3.05) is 23.3 Å². The first-order valence-corrected chi connectivity index (χ1v) is 9.45. The van der Waals surface area contributed by atoms with E-state index in [1.807, 2.05) is 19.9 Å². The number of urea groups is 1. The highest BCUT2D eigenvalue weighted by Crippen LogP contribution is 2.35. The average molecular weight is 428 g/mol. The minimum atomic E-state index is -4.63. The van der Waals surface area contributed by atoms with Crippen LogP contribution >= 0.6 is 0 Å². The number of nitriles is 2. The fourth-order valence-electron chi connectivity index (χ4n) is 3.54. The summed E-state index contributed by atoms with van der Waals surface area (Å²) >= 11 is 0. The Morgan fingerprint density at radius 1 is 1.13 bits per heavy atom. The summed E-state index contributed by atoms with van der Waals surface area (Å²) in [5.41, 5.74) is -0.378. The number of hydrogen-bond acceptors (Lipinski definition) is 5. The predicted molar refractivity (Wildman–Crippen MR) is 107 cm³/mol. The Morgan fingerprint density at radius 3 is 2.45 bits per heavy atom. The van der Waals surface area contributed by atoms with Gasteiger partial charge in [0.1, 0.15) is 11.8 Å².